The van der Waals surface area contributed by atoms with Crippen LogP contribution in [0.2, 0.25) is 5.02 Å². The van der Waals surface area contributed by atoms with Crippen LogP contribution >= 0.6 is 23.4 Å². The molecule has 3 rings (SSSR count). The molecular weight excluding hydrogens is 438 g/mol. The Balaban J connectivity index is 1.63. The third-order valence-electron chi connectivity index (χ3n) is 4.45. The molecule has 10 heteroatoms. The van der Waals surface area contributed by atoms with Gasteiger partial charge in [-0.2, -0.15) is 5.10 Å². The van der Waals surface area contributed by atoms with E-state index in [1.54, 1.807) is 19.1 Å². The average Bonchev–Trinajstić information content (AvgIpc) is 3.19. The molecule has 0 aliphatic carbocycles. The first-order valence-corrected chi connectivity index (χ1v) is 10.8. The molecule has 3 aromatic rings. The minimum Gasteiger partial charge on any atom is -0.870 e. The molecule has 2 N–H and O–H groups in total. The lowest BCUT2D eigenvalue weighted by Crippen LogP contribution is -2.36. The number of hydrogen-bond donors (Lipinski definition) is 2. The average molecular weight is 460 g/mol. The third-order valence-corrected chi connectivity index (χ3v) is 5.68. The monoisotopic (exact) mass is 459 g/mol. The first-order chi connectivity index (χ1) is 14.9. The van der Waals surface area contributed by atoms with E-state index in [1.165, 1.54) is 24.9 Å². The Morgan fingerprint density at radius 2 is 2.06 bits per heavy atom. The van der Waals surface area contributed by atoms with Gasteiger partial charge in [0.2, 0.25) is 0 Å². The zero-order valence-corrected chi connectivity index (χ0v) is 18.9. The number of carbonyl (C=O) groups excluding carboxylic acids is 1. The quantitative estimate of drug-likeness (QED) is 0.233. The van der Waals surface area contributed by atoms with Crippen LogP contribution in [0.1, 0.15) is 19.4 Å². The van der Waals surface area contributed by atoms with Crippen molar-refractivity contribution in [2.75, 3.05) is 12.9 Å². The van der Waals surface area contributed by atoms with E-state index in [1.807, 2.05) is 35.8 Å². The van der Waals surface area contributed by atoms with E-state index in [9.17, 15) is 9.90 Å². The molecule has 1 heterocycles. The van der Waals surface area contributed by atoms with Gasteiger partial charge < -0.3 is 9.84 Å². The van der Waals surface area contributed by atoms with E-state index in [4.69, 9.17) is 16.3 Å². The lowest BCUT2D eigenvalue weighted by molar-refractivity contribution is -0.719. The highest BCUT2D eigenvalue weighted by molar-refractivity contribution is 7.99. The lowest BCUT2D eigenvalue weighted by Gasteiger charge is -2.13. The number of benzene rings is 2. The SMILES string of the molecule is CC[n+]1c(SCC(=O)N/N=C(/C)c2ccc([O-])c(OC)c2)n[nH]c1-c1ccc(Cl)cc1. The zero-order valence-electron chi connectivity index (χ0n) is 17.3. The van der Waals surface area contributed by atoms with Gasteiger partial charge in [0, 0.05) is 10.6 Å². The van der Waals surface area contributed by atoms with Gasteiger partial charge in [-0.05, 0) is 55.9 Å². The second-order valence-electron chi connectivity index (χ2n) is 6.49. The molecule has 8 nitrogen and oxygen atoms in total. The number of aromatic nitrogens is 3. The van der Waals surface area contributed by atoms with Crippen molar-refractivity contribution in [1.82, 2.24) is 15.6 Å². The van der Waals surface area contributed by atoms with Gasteiger partial charge in [0.25, 0.3) is 11.7 Å². The van der Waals surface area contributed by atoms with Crippen molar-refractivity contribution in [1.29, 1.82) is 0 Å². The van der Waals surface area contributed by atoms with Gasteiger partial charge in [-0.15, -0.1) is 5.10 Å². The van der Waals surface area contributed by atoms with E-state index < -0.39 is 0 Å². The number of nitrogens with one attached hydrogen (secondary N) is 2. The molecule has 0 saturated carbocycles. The number of methoxy groups -OCH3 is 1. The predicted molar refractivity (Wildman–Crippen MR) is 118 cm³/mol. The minimum atomic E-state index is -0.268. The third kappa shape index (κ3) is 5.56. The van der Waals surface area contributed by atoms with E-state index in [-0.39, 0.29) is 23.2 Å². The van der Waals surface area contributed by atoms with Gasteiger partial charge in [-0.1, -0.05) is 29.5 Å². The first kappa shape index (κ1) is 22.6. The standard InChI is InChI=1S/C21H22ClN5O3S/c1-4-27-20(14-5-8-16(22)9-6-14)25-26-21(27)31-12-19(29)24-23-13(2)15-7-10-17(28)18(11-15)30-3/h5-11H,4,12H2,1-3H3,(H2,23,24,28,29). The van der Waals surface area contributed by atoms with Gasteiger partial charge in [-0.3, -0.25) is 4.79 Å². The molecule has 0 spiro atoms. The molecular formula is C21H22ClN5O3S. The molecule has 2 aromatic carbocycles. The zero-order chi connectivity index (χ0) is 22.4. The Hall–Kier alpha value is -3.04. The molecule has 0 saturated heterocycles. The highest BCUT2D eigenvalue weighted by Crippen LogP contribution is 2.24. The molecule has 1 aromatic heterocycles. The van der Waals surface area contributed by atoms with Crippen molar-refractivity contribution in [3.8, 4) is 22.9 Å². The molecule has 0 atom stereocenters. The first-order valence-electron chi connectivity index (χ1n) is 9.48. The molecule has 162 valence electrons. The summed E-state index contributed by atoms with van der Waals surface area (Å²) in [6, 6.07) is 12.1. The van der Waals surface area contributed by atoms with Crippen molar-refractivity contribution in [3.63, 3.8) is 0 Å². The fourth-order valence-corrected chi connectivity index (χ4v) is 3.75. The van der Waals surface area contributed by atoms with Crippen molar-refractivity contribution in [2.45, 2.75) is 25.5 Å². The summed E-state index contributed by atoms with van der Waals surface area (Å²) in [5, 5.41) is 24.4. The second kappa shape index (κ2) is 10.3. The maximum absolute atomic E-state index is 12.3. The Morgan fingerprint density at radius 1 is 1.32 bits per heavy atom. The fourth-order valence-electron chi connectivity index (χ4n) is 2.81. The normalized spacial score (nSPS) is 11.4. The number of rotatable bonds is 8. The number of halogens is 1. The van der Waals surface area contributed by atoms with Crippen molar-refractivity contribution >= 4 is 35.0 Å². The number of aromatic amines is 1. The number of H-pyrrole nitrogens is 1. The topological polar surface area (TPSA) is 106 Å². The number of hydrazone groups is 1. The molecule has 0 fully saturated rings. The Kier molecular flexibility index (Phi) is 7.54. The lowest BCUT2D eigenvalue weighted by atomic mass is 10.1. The number of carbonyl (C=O) groups is 1. The van der Waals surface area contributed by atoms with Crippen LogP contribution in [0, 0.1) is 0 Å². The molecule has 0 unspecified atom stereocenters. The van der Waals surface area contributed by atoms with Crippen LogP contribution in [0.25, 0.3) is 11.4 Å². The molecule has 0 aliphatic rings. The maximum atomic E-state index is 12.3. The largest absolute Gasteiger partial charge is 0.870 e. The predicted octanol–water partition coefficient (Wildman–Crippen LogP) is 2.75. The van der Waals surface area contributed by atoms with Crippen LogP contribution in [0.3, 0.4) is 0 Å². The Labute approximate surface area is 189 Å². The maximum Gasteiger partial charge on any atom is 0.337 e. The summed E-state index contributed by atoms with van der Waals surface area (Å²) in [5.74, 6) is 0.737. The van der Waals surface area contributed by atoms with Crippen molar-refractivity contribution in [2.24, 2.45) is 5.10 Å². The van der Waals surface area contributed by atoms with E-state index in [0.717, 1.165) is 11.4 Å². The van der Waals surface area contributed by atoms with Gasteiger partial charge in [0.05, 0.1) is 35.8 Å². The number of nitrogens with zero attached hydrogens (tertiary/aromatic N) is 3. The van der Waals surface area contributed by atoms with Crippen LogP contribution in [-0.2, 0) is 11.3 Å². The summed E-state index contributed by atoms with van der Waals surface area (Å²) < 4.78 is 7.03. The summed E-state index contributed by atoms with van der Waals surface area (Å²) in [6.45, 7) is 4.44. The highest BCUT2D eigenvalue weighted by atomic mass is 35.5. The van der Waals surface area contributed by atoms with Gasteiger partial charge in [0.1, 0.15) is 5.75 Å². The van der Waals surface area contributed by atoms with E-state index >= 15 is 0 Å². The second-order valence-corrected chi connectivity index (χ2v) is 7.87. The number of amides is 1. The summed E-state index contributed by atoms with van der Waals surface area (Å²) in [5.41, 5.74) is 4.73. The summed E-state index contributed by atoms with van der Waals surface area (Å²) in [4.78, 5) is 12.3. The number of hydrogen-bond acceptors (Lipinski definition) is 6. The summed E-state index contributed by atoms with van der Waals surface area (Å²) in [7, 11) is 1.43. The van der Waals surface area contributed by atoms with Crippen LogP contribution in [0.15, 0.2) is 52.7 Å². The van der Waals surface area contributed by atoms with E-state index in [0.29, 0.717) is 28.0 Å². The fraction of sp³-hybridized carbons (Fsp3) is 0.238. The highest BCUT2D eigenvalue weighted by Gasteiger charge is 2.21. The molecule has 0 aliphatic heterocycles. The smallest absolute Gasteiger partial charge is 0.337 e. The number of thioether (sulfide) groups is 1. The van der Waals surface area contributed by atoms with Gasteiger partial charge in [0.15, 0.2) is 0 Å². The Bertz CT molecular complexity index is 1100. The number of ether oxygens (including phenoxy) is 1. The Morgan fingerprint density at radius 3 is 2.74 bits per heavy atom. The summed E-state index contributed by atoms with van der Waals surface area (Å²) in [6.07, 6.45) is 0. The van der Waals surface area contributed by atoms with Crippen LogP contribution in [0.5, 0.6) is 11.5 Å². The van der Waals surface area contributed by atoms with Crippen molar-refractivity contribution in [3.05, 3.63) is 53.1 Å². The van der Waals surface area contributed by atoms with Crippen LogP contribution < -0.4 is 19.8 Å². The van der Waals surface area contributed by atoms with Gasteiger partial charge in [-0.25, -0.2) is 9.99 Å². The van der Waals surface area contributed by atoms with Crippen LogP contribution in [0.4, 0.5) is 0 Å². The van der Waals surface area contributed by atoms with Crippen LogP contribution in [-0.4, -0.2) is 34.7 Å². The van der Waals surface area contributed by atoms with Gasteiger partial charge >= 0.3 is 5.16 Å². The molecule has 0 bridgehead atoms. The molecule has 0 radical (unpaired) electrons. The molecule has 1 amide bonds. The minimum absolute atomic E-state index is 0.143. The summed E-state index contributed by atoms with van der Waals surface area (Å²) >= 11 is 7.27. The van der Waals surface area contributed by atoms with E-state index in [2.05, 4.69) is 20.7 Å². The van der Waals surface area contributed by atoms with Crippen molar-refractivity contribution < 1.29 is 19.2 Å². The molecule has 31 heavy (non-hydrogen) atoms.